The number of aliphatic hydroxyl groups excluding tert-OH is 1. The van der Waals surface area contributed by atoms with Crippen molar-refractivity contribution in [3.05, 3.63) is 53.3 Å². The lowest BCUT2D eigenvalue weighted by Crippen LogP contribution is -2.44. The molecule has 0 fully saturated rings. The molecular formula is C18H24N4O2. The van der Waals surface area contributed by atoms with Crippen molar-refractivity contribution in [2.24, 2.45) is 7.05 Å². The van der Waals surface area contributed by atoms with Gasteiger partial charge in [0.1, 0.15) is 0 Å². The minimum Gasteiger partial charge on any atom is -0.394 e. The van der Waals surface area contributed by atoms with Crippen LogP contribution in [0.2, 0.25) is 0 Å². The van der Waals surface area contributed by atoms with Gasteiger partial charge in [-0.05, 0) is 17.5 Å². The molecular weight excluding hydrogens is 304 g/mol. The van der Waals surface area contributed by atoms with Gasteiger partial charge in [0, 0.05) is 38.9 Å². The average Bonchev–Trinajstić information content (AvgIpc) is 2.99. The van der Waals surface area contributed by atoms with Crippen molar-refractivity contribution in [2.45, 2.75) is 19.0 Å². The Balaban J connectivity index is 1.65. The van der Waals surface area contributed by atoms with Gasteiger partial charge in [-0.1, -0.05) is 24.3 Å². The van der Waals surface area contributed by atoms with Gasteiger partial charge < -0.3 is 10.0 Å². The van der Waals surface area contributed by atoms with Crippen LogP contribution in [0.5, 0.6) is 0 Å². The fraction of sp³-hybridized carbons (Fsp3) is 0.444. The van der Waals surface area contributed by atoms with Crippen LogP contribution < -0.4 is 0 Å². The number of hydrogen-bond acceptors (Lipinski definition) is 4. The lowest BCUT2D eigenvalue weighted by Gasteiger charge is -2.36. The number of aryl methyl sites for hydroxylation is 1. The van der Waals surface area contributed by atoms with Crippen LogP contribution in [-0.2, 0) is 24.8 Å². The van der Waals surface area contributed by atoms with Gasteiger partial charge in [0.05, 0.1) is 25.4 Å². The highest BCUT2D eigenvalue weighted by Crippen LogP contribution is 2.29. The molecule has 2 heterocycles. The maximum Gasteiger partial charge on any atom is 0.236 e. The van der Waals surface area contributed by atoms with Gasteiger partial charge in [-0.25, -0.2) is 0 Å². The lowest BCUT2D eigenvalue weighted by atomic mass is 9.93. The highest BCUT2D eigenvalue weighted by atomic mass is 16.3. The van der Waals surface area contributed by atoms with E-state index in [2.05, 4.69) is 16.1 Å². The van der Waals surface area contributed by atoms with Crippen LogP contribution in [0.25, 0.3) is 0 Å². The number of carbonyl (C=O) groups excluding carboxylic acids is 1. The highest BCUT2D eigenvalue weighted by Gasteiger charge is 2.28. The maximum atomic E-state index is 12.6. The summed E-state index contributed by atoms with van der Waals surface area (Å²) < 4.78 is 1.73. The van der Waals surface area contributed by atoms with Crippen LogP contribution in [0.1, 0.15) is 22.7 Å². The third-order valence-corrected chi connectivity index (χ3v) is 4.64. The number of benzene rings is 1. The van der Waals surface area contributed by atoms with Crippen molar-refractivity contribution in [3.63, 3.8) is 0 Å². The molecule has 0 radical (unpaired) electrons. The van der Waals surface area contributed by atoms with Gasteiger partial charge in [-0.3, -0.25) is 14.4 Å². The molecule has 0 bridgehead atoms. The van der Waals surface area contributed by atoms with E-state index in [1.165, 1.54) is 5.56 Å². The number of likely N-dealkylation sites (N-methyl/N-ethyl adjacent to an activating group) is 1. The fourth-order valence-electron chi connectivity index (χ4n) is 3.32. The molecule has 6 nitrogen and oxygen atoms in total. The number of fused-ring (bicyclic) bond motifs is 1. The Bertz CT molecular complexity index is 713. The van der Waals surface area contributed by atoms with E-state index in [-0.39, 0.29) is 18.6 Å². The topological polar surface area (TPSA) is 61.6 Å². The second-order valence-electron chi connectivity index (χ2n) is 6.39. The minimum atomic E-state index is -0.106. The summed E-state index contributed by atoms with van der Waals surface area (Å²) in [4.78, 5) is 16.4. The summed E-state index contributed by atoms with van der Waals surface area (Å²) in [7, 11) is 3.67. The molecule has 2 aromatic rings. The zero-order valence-electron chi connectivity index (χ0n) is 14.2. The van der Waals surface area contributed by atoms with Gasteiger partial charge in [0.25, 0.3) is 0 Å². The Kier molecular flexibility index (Phi) is 4.97. The number of aromatic nitrogens is 2. The van der Waals surface area contributed by atoms with Crippen molar-refractivity contribution in [3.8, 4) is 0 Å². The minimum absolute atomic E-state index is 0.0244. The summed E-state index contributed by atoms with van der Waals surface area (Å²) >= 11 is 0. The molecule has 0 saturated heterocycles. The van der Waals surface area contributed by atoms with Crippen LogP contribution in [0.15, 0.2) is 36.7 Å². The SMILES string of the molecule is CN(Cc1cnn(C)c1)C(=O)CN1CCc2ccccc2C1CO. The molecule has 1 atom stereocenters. The molecule has 128 valence electrons. The van der Waals surface area contributed by atoms with Gasteiger partial charge >= 0.3 is 0 Å². The largest absolute Gasteiger partial charge is 0.394 e. The summed E-state index contributed by atoms with van der Waals surface area (Å²) in [5.41, 5.74) is 3.41. The molecule has 1 aromatic heterocycles. The second kappa shape index (κ2) is 7.15. The summed E-state index contributed by atoms with van der Waals surface area (Å²) in [5, 5.41) is 14.0. The Morgan fingerprint density at radius 2 is 2.21 bits per heavy atom. The van der Waals surface area contributed by atoms with Crippen LogP contribution in [0, 0.1) is 0 Å². The first-order valence-corrected chi connectivity index (χ1v) is 8.22. The van der Waals surface area contributed by atoms with E-state index >= 15 is 0 Å². The standard InChI is InChI=1S/C18H24N4O2/c1-20(10-14-9-19-21(2)11-14)18(24)12-22-8-7-15-5-3-4-6-16(15)17(22)13-23/h3-6,9,11,17,23H,7-8,10,12-13H2,1-2H3. The van der Waals surface area contributed by atoms with Crippen molar-refractivity contribution < 1.29 is 9.90 Å². The number of amides is 1. The van der Waals surface area contributed by atoms with Crippen molar-refractivity contribution in [1.82, 2.24) is 19.6 Å². The third-order valence-electron chi connectivity index (χ3n) is 4.64. The van der Waals surface area contributed by atoms with Crippen LogP contribution in [-0.4, -0.2) is 57.3 Å². The molecule has 3 rings (SSSR count). The molecule has 1 amide bonds. The van der Waals surface area contributed by atoms with Gasteiger partial charge in [-0.2, -0.15) is 5.10 Å². The van der Waals surface area contributed by atoms with E-state index in [0.29, 0.717) is 13.1 Å². The van der Waals surface area contributed by atoms with Gasteiger partial charge in [-0.15, -0.1) is 0 Å². The molecule has 0 saturated carbocycles. The number of hydrogen-bond donors (Lipinski definition) is 1. The number of aliphatic hydroxyl groups is 1. The van der Waals surface area contributed by atoms with E-state index in [1.807, 2.05) is 31.4 Å². The Morgan fingerprint density at radius 1 is 1.42 bits per heavy atom. The van der Waals surface area contributed by atoms with E-state index in [1.54, 1.807) is 22.8 Å². The summed E-state index contributed by atoms with van der Waals surface area (Å²) in [6.07, 6.45) is 4.60. The second-order valence-corrected chi connectivity index (χ2v) is 6.39. The van der Waals surface area contributed by atoms with Crippen molar-refractivity contribution in [1.29, 1.82) is 0 Å². The highest BCUT2D eigenvalue weighted by molar-refractivity contribution is 5.78. The van der Waals surface area contributed by atoms with Crippen LogP contribution in [0.4, 0.5) is 0 Å². The normalized spacial score (nSPS) is 17.5. The predicted octanol–water partition coefficient (Wildman–Crippen LogP) is 0.970. The molecule has 0 aliphatic carbocycles. The Hall–Kier alpha value is -2.18. The lowest BCUT2D eigenvalue weighted by molar-refractivity contribution is -0.132. The Morgan fingerprint density at radius 3 is 2.92 bits per heavy atom. The Labute approximate surface area is 142 Å². The molecule has 1 aliphatic heterocycles. The molecule has 6 heteroatoms. The number of nitrogens with zero attached hydrogens (tertiary/aromatic N) is 4. The van der Waals surface area contributed by atoms with Gasteiger partial charge in [0.2, 0.25) is 5.91 Å². The maximum absolute atomic E-state index is 12.6. The van der Waals surface area contributed by atoms with Crippen LogP contribution >= 0.6 is 0 Å². The third kappa shape index (κ3) is 3.49. The summed E-state index contributed by atoms with van der Waals surface area (Å²) in [5.74, 6) is 0.0525. The van der Waals surface area contributed by atoms with E-state index in [4.69, 9.17) is 0 Å². The summed E-state index contributed by atoms with van der Waals surface area (Å²) in [6.45, 7) is 1.67. The molecule has 24 heavy (non-hydrogen) atoms. The molecule has 1 aliphatic rings. The fourth-order valence-corrected chi connectivity index (χ4v) is 3.32. The van der Waals surface area contributed by atoms with Crippen molar-refractivity contribution in [2.75, 3.05) is 26.7 Å². The monoisotopic (exact) mass is 328 g/mol. The first-order chi connectivity index (χ1) is 11.6. The number of rotatable bonds is 5. The summed E-state index contributed by atoms with van der Waals surface area (Å²) in [6, 6.07) is 8.06. The van der Waals surface area contributed by atoms with E-state index in [0.717, 1.165) is 24.1 Å². The molecule has 0 spiro atoms. The molecule has 1 aromatic carbocycles. The quantitative estimate of drug-likeness (QED) is 0.888. The van der Waals surface area contributed by atoms with E-state index < -0.39 is 0 Å². The van der Waals surface area contributed by atoms with Gasteiger partial charge in [0.15, 0.2) is 0 Å². The van der Waals surface area contributed by atoms with E-state index in [9.17, 15) is 9.90 Å². The average molecular weight is 328 g/mol. The van der Waals surface area contributed by atoms with Crippen molar-refractivity contribution >= 4 is 5.91 Å². The predicted molar refractivity (Wildman–Crippen MR) is 91.2 cm³/mol. The first-order valence-electron chi connectivity index (χ1n) is 8.22. The zero-order valence-corrected chi connectivity index (χ0v) is 14.2. The molecule has 1 unspecified atom stereocenters. The smallest absolute Gasteiger partial charge is 0.236 e. The van der Waals surface area contributed by atoms with Crippen LogP contribution in [0.3, 0.4) is 0 Å². The first kappa shape index (κ1) is 16.7. The zero-order chi connectivity index (χ0) is 17.1. The molecule has 1 N–H and O–H groups in total. The number of carbonyl (C=O) groups is 1.